The molecule has 3 rings (SSSR count). The maximum atomic E-state index is 11.6. The number of carbonyl (C=O) groups is 2. The Labute approximate surface area is 197 Å². The highest BCUT2D eigenvalue weighted by Gasteiger charge is 2.32. The zero-order valence-electron chi connectivity index (χ0n) is 20.5. The number of likely N-dealkylation sites (tertiary alicyclic amines) is 1. The van der Waals surface area contributed by atoms with Gasteiger partial charge in [-0.3, -0.25) is 19.4 Å². The summed E-state index contributed by atoms with van der Waals surface area (Å²) < 4.78 is 5.71. The number of carbonyl (C=O) groups excluding carboxylic acids is 2. The number of aliphatic hydroxyl groups is 1. The molecule has 33 heavy (non-hydrogen) atoms. The van der Waals surface area contributed by atoms with Gasteiger partial charge >= 0.3 is 0 Å². The Morgan fingerprint density at radius 1 is 1.09 bits per heavy atom. The number of nitrogens with two attached hydrogens (primary N) is 1. The van der Waals surface area contributed by atoms with Crippen LogP contribution in [0.25, 0.3) is 0 Å². The normalized spacial score (nSPS) is 23.2. The zero-order valence-corrected chi connectivity index (χ0v) is 20.5. The molecule has 2 amide bonds. The van der Waals surface area contributed by atoms with Gasteiger partial charge in [0.1, 0.15) is 5.75 Å². The molecular weight excluding hydrogens is 420 g/mol. The predicted octanol–water partition coefficient (Wildman–Crippen LogP) is 1.34. The number of piperazine rings is 1. The van der Waals surface area contributed by atoms with Gasteiger partial charge in [0, 0.05) is 64.3 Å². The van der Waals surface area contributed by atoms with Crippen LogP contribution in [0.3, 0.4) is 0 Å². The molecule has 2 fully saturated rings. The minimum Gasteiger partial charge on any atom is -0.483 e. The van der Waals surface area contributed by atoms with Crippen LogP contribution in [0.2, 0.25) is 0 Å². The molecule has 0 unspecified atom stereocenters. The van der Waals surface area contributed by atoms with Crippen molar-refractivity contribution in [3.63, 3.8) is 0 Å². The molecule has 2 aliphatic heterocycles. The second-order valence-corrected chi connectivity index (χ2v) is 10.4. The first-order chi connectivity index (χ1) is 15.5. The Morgan fingerprint density at radius 3 is 2.36 bits per heavy atom. The molecule has 3 N–H and O–H groups in total. The van der Waals surface area contributed by atoms with Crippen LogP contribution in [0.4, 0.5) is 0 Å². The van der Waals surface area contributed by atoms with Crippen molar-refractivity contribution < 1.29 is 19.4 Å². The third-order valence-electron chi connectivity index (χ3n) is 6.85. The van der Waals surface area contributed by atoms with Crippen molar-refractivity contribution in [2.24, 2.45) is 5.73 Å². The molecule has 2 aliphatic rings. The predicted molar refractivity (Wildman–Crippen MR) is 128 cm³/mol. The minimum atomic E-state index is -0.494. The summed E-state index contributed by atoms with van der Waals surface area (Å²) in [5.74, 6) is 0.309. The molecule has 0 spiro atoms. The molecule has 8 nitrogen and oxygen atoms in total. The van der Waals surface area contributed by atoms with Gasteiger partial charge in [-0.15, -0.1) is 0 Å². The van der Waals surface area contributed by atoms with Gasteiger partial charge in [0.25, 0.3) is 5.91 Å². The molecule has 1 aromatic carbocycles. The van der Waals surface area contributed by atoms with Crippen LogP contribution >= 0.6 is 0 Å². The van der Waals surface area contributed by atoms with Crippen molar-refractivity contribution in [3.8, 4) is 5.75 Å². The largest absolute Gasteiger partial charge is 0.483 e. The van der Waals surface area contributed by atoms with Crippen molar-refractivity contribution in [3.05, 3.63) is 29.3 Å². The van der Waals surface area contributed by atoms with E-state index in [1.807, 2.05) is 17.0 Å². The van der Waals surface area contributed by atoms with Gasteiger partial charge < -0.3 is 20.5 Å². The number of primary amides is 1. The summed E-state index contributed by atoms with van der Waals surface area (Å²) in [6.45, 7) is 13.4. The van der Waals surface area contributed by atoms with E-state index >= 15 is 0 Å². The van der Waals surface area contributed by atoms with Gasteiger partial charge in [-0.2, -0.15) is 0 Å². The highest BCUT2D eigenvalue weighted by Crippen LogP contribution is 2.30. The Hall–Kier alpha value is -2.16. The first kappa shape index (κ1) is 25.5. The SMILES string of the molecule is CC(=O)N1CCN([C@H]2CCN(Cc3cc(C(C)(C)C)ccc3OCC(N)=O)CC[C@@H]2O)CC1. The van der Waals surface area contributed by atoms with E-state index in [1.54, 1.807) is 6.92 Å². The number of hydrogen-bond donors (Lipinski definition) is 2. The van der Waals surface area contributed by atoms with Gasteiger partial charge in [0.15, 0.2) is 6.61 Å². The van der Waals surface area contributed by atoms with E-state index in [0.29, 0.717) is 18.7 Å². The molecule has 0 saturated carbocycles. The molecule has 2 heterocycles. The number of aliphatic hydroxyl groups excluding tert-OH is 1. The Kier molecular flexibility index (Phi) is 8.37. The van der Waals surface area contributed by atoms with Crippen LogP contribution in [0.5, 0.6) is 5.75 Å². The van der Waals surface area contributed by atoms with E-state index in [1.165, 1.54) is 5.56 Å². The minimum absolute atomic E-state index is 0.000932. The van der Waals surface area contributed by atoms with Crippen molar-refractivity contribution in [2.75, 3.05) is 45.9 Å². The van der Waals surface area contributed by atoms with Crippen LogP contribution in [0.15, 0.2) is 18.2 Å². The molecule has 0 aliphatic carbocycles. The van der Waals surface area contributed by atoms with Gasteiger partial charge in [-0.1, -0.05) is 32.9 Å². The number of rotatable bonds is 6. The lowest BCUT2D eigenvalue weighted by Crippen LogP contribution is -2.54. The van der Waals surface area contributed by atoms with Crippen LogP contribution in [-0.4, -0.2) is 89.6 Å². The topological polar surface area (TPSA) is 99.3 Å². The lowest BCUT2D eigenvalue weighted by Gasteiger charge is -2.40. The molecule has 8 heteroatoms. The number of hydrogen-bond acceptors (Lipinski definition) is 6. The first-order valence-electron chi connectivity index (χ1n) is 12.0. The molecule has 0 bridgehead atoms. The molecule has 1 aromatic rings. The van der Waals surface area contributed by atoms with Gasteiger partial charge in [0.05, 0.1) is 6.10 Å². The van der Waals surface area contributed by atoms with Crippen molar-refractivity contribution in [1.29, 1.82) is 0 Å². The summed E-state index contributed by atoms with van der Waals surface area (Å²) in [5.41, 5.74) is 7.53. The first-order valence-corrected chi connectivity index (χ1v) is 12.0. The second-order valence-electron chi connectivity index (χ2n) is 10.4. The number of nitrogens with zero attached hydrogens (tertiary/aromatic N) is 3. The van der Waals surface area contributed by atoms with Gasteiger partial charge in [-0.25, -0.2) is 0 Å². The summed E-state index contributed by atoms with van der Waals surface area (Å²) >= 11 is 0. The fourth-order valence-corrected chi connectivity index (χ4v) is 4.78. The summed E-state index contributed by atoms with van der Waals surface area (Å²) in [7, 11) is 0. The van der Waals surface area contributed by atoms with Crippen LogP contribution in [0, 0.1) is 0 Å². The lowest BCUT2D eigenvalue weighted by atomic mass is 9.86. The summed E-state index contributed by atoms with van der Waals surface area (Å²) in [4.78, 5) is 29.5. The van der Waals surface area contributed by atoms with Crippen molar-refractivity contribution in [2.45, 2.75) is 64.6 Å². The van der Waals surface area contributed by atoms with Crippen molar-refractivity contribution >= 4 is 11.8 Å². The Bertz CT molecular complexity index is 830. The lowest BCUT2D eigenvalue weighted by molar-refractivity contribution is -0.131. The molecular formula is C25H40N4O4. The second kappa shape index (κ2) is 10.8. The van der Waals surface area contributed by atoms with Crippen LogP contribution in [0.1, 0.15) is 51.7 Å². The summed E-state index contributed by atoms with van der Waals surface area (Å²) in [6, 6.07) is 6.25. The van der Waals surface area contributed by atoms with Crippen LogP contribution in [-0.2, 0) is 21.5 Å². The molecule has 0 radical (unpaired) electrons. The molecule has 2 atom stereocenters. The highest BCUT2D eigenvalue weighted by molar-refractivity contribution is 5.75. The fourth-order valence-electron chi connectivity index (χ4n) is 4.78. The molecule has 0 aromatic heterocycles. The fraction of sp³-hybridized carbons (Fsp3) is 0.680. The Morgan fingerprint density at radius 2 is 1.76 bits per heavy atom. The summed E-state index contributed by atoms with van der Waals surface area (Å²) in [6.07, 6.45) is 1.19. The van der Waals surface area contributed by atoms with Gasteiger partial charge in [0.2, 0.25) is 5.91 Å². The zero-order chi connectivity index (χ0) is 24.2. The molecule has 184 valence electrons. The average Bonchev–Trinajstić information content (AvgIpc) is 2.93. The third-order valence-corrected chi connectivity index (χ3v) is 6.85. The van der Waals surface area contributed by atoms with Gasteiger partial charge in [-0.05, 0) is 29.9 Å². The quantitative estimate of drug-likeness (QED) is 0.665. The number of benzene rings is 1. The van der Waals surface area contributed by atoms with Crippen LogP contribution < -0.4 is 10.5 Å². The van der Waals surface area contributed by atoms with E-state index in [9.17, 15) is 14.7 Å². The van der Waals surface area contributed by atoms with E-state index in [0.717, 1.165) is 51.3 Å². The molecule has 2 saturated heterocycles. The van der Waals surface area contributed by atoms with E-state index in [2.05, 4.69) is 36.6 Å². The third kappa shape index (κ3) is 6.91. The maximum Gasteiger partial charge on any atom is 0.255 e. The highest BCUT2D eigenvalue weighted by atomic mass is 16.5. The summed E-state index contributed by atoms with van der Waals surface area (Å²) in [5, 5.41) is 10.9. The Balaban J connectivity index is 1.68. The number of amides is 2. The van der Waals surface area contributed by atoms with E-state index in [-0.39, 0.29) is 30.1 Å². The monoisotopic (exact) mass is 460 g/mol. The number of ether oxygens (including phenoxy) is 1. The van der Waals surface area contributed by atoms with Crippen molar-refractivity contribution in [1.82, 2.24) is 14.7 Å². The maximum absolute atomic E-state index is 11.6. The van der Waals surface area contributed by atoms with E-state index < -0.39 is 5.91 Å². The smallest absolute Gasteiger partial charge is 0.255 e. The standard InChI is InChI=1S/C25H40N4O4/c1-18(30)28-11-13-29(14-12-28)21-7-9-27(10-8-22(21)31)16-19-15-20(25(2,3)4)5-6-23(19)33-17-24(26)32/h5-6,15,21-22,31H,7-14,16-17H2,1-4H3,(H2,26,32)/t21-,22-/m0/s1. The van der Waals surface area contributed by atoms with E-state index in [4.69, 9.17) is 10.5 Å². The average molecular weight is 461 g/mol.